The largest absolute Gasteiger partial charge is 0.342 e. The third-order valence-corrected chi connectivity index (χ3v) is 3.84. The van der Waals surface area contributed by atoms with Crippen LogP contribution in [0.25, 0.3) is 10.9 Å². The predicted molar refractivity (Wildman–Crippen MR) is 86.6 cm³/mol. The first-order valence-corrected chi connectivity index (χ1v) is 7.43. The molecule has 0 aliphatic rings. The van der Waals surface area contributed by atoms with Crippen molar-refractivity contribution < 1.29 is 9.18 Å². The quantitative estimate of drug-likeness (QED) is 0.641. The second-order valence-electron chi connectivity index (χ2n) is 5.83. The molecule has 1 aromatic heterocycles. The molecule has 22 heavy (non-hydrogen) atoms. The van der Waals surface area contributed by atoms with Crippen LogP contribution >= 0.6 is 0 Å². The number of para-hydroxylation sites is 1. The van der Waals surface area contributed by atoms with Crippen molar-refractivity contribution in [2.75, 3.05) is 0 Å². The summed E-state index contributed by atoms with van der Waals surface area (Å²) >= 11 is 0. The Balaban J connectivity index is 2.06. The van der Waals surface area contributed by atoms with Gasteiger partial charge in [0.25, 0.3) is 0 Å². The lowest BCUT2D eigenvalue weighted by molar-refractivity contribution is 0.0941. The number of rotatable bonds is 4. The number of hydrogen-bond acceptors (Lipinski definition) is 1. The van der Waals surface area contributed by atoms with E-state index in [4.69, 9.17) is 0 Å². The standard InChI is InChI=1S/C19H18FNO/c1-13(2)19(22)17-12-21(18-6-4-3-5-16(17)18)11-14-7-9-15(20)10-8-14/h3-10,12-13H,11H2,1-2H3. The second kappa shape index (κ2) is 5.76. The van der Waals surface area contributed by atoms with E-state index < -0.39 is 0 Å². The average molecular weight is 295 g/mol. The number of carbonyl (C=O) groups excluding carboxylic acids is 1. The van der Waals surface area contributed by atoms with E-state index in [9.17, 15) is 9.18 Å². The molecule has 0 fully saturated rings. The van der Waals surface area contributed by atoms with Crippen LogP contribution in [0.3, 0.4) is 0 Å². The van der Waals surface area contributed by atoms with E-state index in [1.54, 1.807) is 12.1 Å². The van der Waals surface area contributed by atoms with Crippen LogP contribution in [-0.2, 0) is 6.54 Å². The zero-order chi connectivity index (χ0) is 15.7. The van der Waals surface area contributed by atoms with Crippen LogP contribution in [0.2, 0.25) is 0 Å². The molecule has 0 amide bonds. The smallest absolute Gasteiger partial charge is 0.167 e. The first-order chi connectivity index (χ1) is 10.6. The molecule has 2 aromatic carbocycles. The normalized spacial score (nSPS) is 11.3. The fraction of sp³-hybridized carbons (Fsp3) is 0.211. The van der Waals surface area contributed by atoms with Crippen molar-refractivity contribution in [2.24, 2.45) is 5.92 Å². The SMILES string of the molecule is CC(C)C(=O)c1cn(Cc2ccc(F)cc2)c2ccccc12. The molecular weight excluding hydrogens is 277 g/mol. The minimum atomic E-state index is -0.239. The highest BCUT2D eigenvalue weighted by Gasteiger charge is 2.17. The van der Waals surface area contributed by atoms with Crippen LogP contribution in [-0.4, -0.2) is 10.4 Å². The molecule has 0 unspecified atom stereocenters. The third kappa shape index (κ3) is 2.67. The van der Waals surface area contributed by atoms with Crippen molar-refractivity contribution >= 4 is 16.7 Å². The lowest BCUT2D eigenvalue weighted by atomic mass is 10.0. The highest BCUT2D eigenvalue weighted by Crippen LogP contribution is 2.24. The van der Waals surface area contributed by atoms with Crippen molar-refractivity contribution in [3.8, 4) is 0 Å². The Bertz CT molecular complexity index is 815. The summed E-state index contributed by atoms with van der Waals surface area (Å²) < 4.78 is 15.1. The lowest BCUT2D eigenvalue weighted by Crippen LogP contribution is -2.06. The Morgan fingerprint density at radius 1 is 1.09 bits per heavy atom. The van der Waals surface area contributed by atoms with Crippen molar-refractivity contribution in [3.05, 3.63) is 71.7 Å². The Morgan fingerprint density at radius 3 is 2.45 bits per heavy atom. The maximum atomic E-state index is 13.0. The highest BCUT2D eigenvalue weighted by atomic mass is 19.1. The van der Waals surface area contributed by atoms with E-state index in [1.165, 1.54) is 12.1 Å². The highest BCUT2D eigenvalue weighted by molar-refractivity contribution is 6.08. The van der Waals surface area contributed by atoms with E-state index in [-0.39, 0.29) is 17.5 Å². The van der Waals surface area contributed by atoms with Gasteiger partial charge >= 0.3 is 0 Å². The molecule has 0 aliphatic carbocycles. The van der Waals surface area contributed by atoms with Gasteiger partial charge in [0.15, 0.2) is 5.78 Å². The molecule has 0 aliphatic heterocycles. The van der Waals surface area contributed by atoms with E-state index in [0.717, 1.165) is 22.0 Å². The summed E-state index contributed by atoms with van der Waals surface area (Å²) in [4.78, 5) is 12.4. The molecule has 0 atom stereocenters. The number of hydrogen-bond donors (Lipinski definition) is 0. The second-order valence-corrected chi connectivity index (χ2v) is 5.83. The molecule has 2 nitrogen and oxygen atoms in total. The van der Waals surface area contributed by atoms with Gasteiger partial charge in [-0.25, -0.2) is 4.39 Å². The molecule has 0 bridgehead atoms. The zero-order valence-electron chi connectivity index (χ0n) is 12.7. The molecule has 0 radical (unpaired) electrons. The molecule has 112 valence electrons. The lowest BCUT2D eigenvalue weighted by Gasteiger charge is -2.05. The van der Waals surface area contributed by atoms with Crippen LogP contribution in [0.5, 0.6) is 0 Å². The number of Topliss-reactive ketones (excluding diaryl/α,β-unsaturated/α-hetero) is 1. The van der Waals surface area contributed by atoms with Crippen LogP contribution < -0.4 is 0 Å². The first kappa shape index (κ1) is 14.5. The maximum absolute atomic E-state index is 13.0. The molecule has 0 saturated heterocycles. The Hall–Kier alpha value is -2.42. The molecule has 0 saturated carbocycles. The van der Waals surface area contributed by atoms with Gasteiger partial charge in [0.2, 0.25) is 0 Å². The summed E-state index contributed by atoms with van der Waals surface area (Å²) in [5.41, 5.74) is 2.79. The van der Waals surface area contributed by atoms with E-state index in [0.29, 0.717) is 6.54 Å². The molecule has 3 heteroatoms. The number of nitrogens with zero attached hydrogens (tertiary/aromatic N) is 1. The van der Waals surface area contributed by atoms with Crippen LogP contribution in [0.15, 0.2) is 54.7 Å². The van der Waals surface area contributed by atoms with Crippen molar-refractivity contribution in [3.63, 3.8) is 0 Å². The van der Waals surface area contributed by atoms with E-state index in [2.05, 4.69) is 4.57 Å². The van der Waals surface area contributed by atoms with Crippen LogP contribution in [0.1, 0.15) is 29.8 Å². The summed E-state index contributed by atoms with van der Waals surface area (Å²) in [6, 6.07) is 14.4. The zero-order valence-corrected chi connectivity index (χ0v) is 12.7. The number of aromatic nitrogens is 1. The fourth-order valence-electron chi connectivity index (χ4n) is 2.67. The first-order valence-electron chi connectivity index (χ1n) is 7.43. The van der Waals surface area contributed by atoms with Gasteiger partial charge in [-0.15, -0.1) is 0 Å². The molecule has 3 aromatic rings. The number of halogens is 1. The molecule has 3 rings (SSSR count). The van der Waals surface area contributed by atoms with Gasteiger partial charge in [-0.3, -0.25) is 4.79 Å². The van der Waals surface area contributed by atoms with Gasteiger partial charge in [0.1, 0.15) is 5.82 Å². The third-order valence-electron chi connectivity index (χ3n) is 3.84. The molecular formula is C19H18FNO. The van der Waals surface area contributed by atoms with Gasteiger partial charge < -0.3 is 4.57 Å². The molecule has 0 spiro atoms. The predicted octanol–water partition coefficient (Wildman–Crippen LogP) is 4.67. The number of carbonyl (C=O) groups is 1. The van der Waals surface area contributed by atoms with Crippen LogP contribution in [0, 0.1) is 11.7 Å². The van der Waals surface area contributed by atoms with E-state index >= 15 is 0 Å². The fourth-order valence-corrected chi connectivity index (χ4v) is 2.67. The summed E-state index contributed by atoms with van der Waals surface area (Å²) in [6.07, 6.45) is 1.91. The van der Waals surface area contributed by atoms with Crippen molar-refractivity contribution in [2.45, 2.75) is 20.4 Å². The van der Waals surface area contributed by atoms with Crippen molar-refractivity contribution in [1.82, 2.24) is 4.57 Å². The van der Waals surface area contributed by atoms with Gasteiger partial charge in [0.05, 0.1) is 0 Å². The van der Waals surface area contributed by atoms with Gasteiger partial charge in [-0.05, 0) is 23.8 Å². The average Bonchev–Trinajstić information content (AvgIpc) is 2.88. The van der Waals surface area contributed by atoms with Crippen molar-refractivity contribution in [1.29, 1.82) is 0 Å². The maximum Gasteiger partial charge on any atom is 0.167 e. The minimum absolute atomic E-state index is 0.0370. The Labute approximate surface area is 129 Å². The number of fused-ring (bicyclic) bond motifs is 1. The van der Waals surface area contributed by atoms with Gasteiger partial charge in [-0.2, -0.15) is 0 Å². The minimum Gasteiger partial charge on any atom is -0.342 e. The molecule has 0 N–H and O–H groups in total. The van der Waals surface area contributed by atoms with Gasteiger partial charge in [-0.1, -0.05) is 44.2 Å². The Morgan fingerprint density at radius 2 is 1.77 bits per heavy atom. The number of benzene rings is 2. The topological polar surface area (TPSA) is 22.0 Å². The monoisotopic (exact) mass is 295 g/mol. The summed E-state index contributed by atoms with van der Waals surface area (Å²) in [5, 5.41) is 0.975. The molecule has 1 heterocycles. The van der Waals surface area contributed by atoms with Gasteiger partial charge in [0, 0.05) is 35.1 Å². The summed E-state index contributed by atoms with van der Waals surface area (Å²) in [6.45, 7) is 4.44. The summed E-state index contributed by atoms with van der Waals surface area (Å²) in [5.74, 6) is -0.129. The number of ketones is 1. The van der Waals surface area contributed by atoms with Crippen LogP contribution in [0.4, 0.5) is 4.39 Å². The summed E-state index contributed by atoms with van der Waals surface area (Å²) in [7, 11) is 0. The van der Waals surface area contributed by atoms with E-state index in [1.807, 2.05) is 44.3 Å². The Kier molecular flexibility index (Phi) is 3.80.